The van der Waals surface area contributed by atoms with Gasteiger partial charge in [-0.15, -0.1) is 0 Å². The lowest BCUT2D eigenvalue weighted by molar-refractivity contribution is -0.143. The second-order valence-electron chi connectivity index (χ2n) is 5.59. The van der Waals surface area contributed by atoms with Gasteiger partial charge in [-0.1, -0.05) is 18.2 Å². The van der Waals surface area contributed by atoms with Gasteiger partial charge in [0, 0.05) is 18.7 Å². The summed E-state index contributed by atoms with van der Waals surface area (Å²) in [6.07, 6.45) is 2.00. The minimum absolute atomic E-state index is 0.0704. The quantitative estimate of drug-likeness (QED) is 0.864. The number of nitrogens with one attached hydrogen (secondary N) is 1. The van der Waals surface area contributed by atoms with Crippen LogP contribution in [-0.2, 0) is 4.79 Å². The van der Waals surface area contributed by atoms with Gasteiger partial charge < -0.3 is 10.4 Å². The Labute approximate surface area is 125 Å². The molecular formula is C16H22N2O3. The van der Waals surface area contributed by atoms with Gasteiger partial charge in [0.05, 0.1) is 0 Å². The Kier molecular flexibility index (Phi) is 5.33. The molecule has 114 valence electrons. The Morgan fingerprint density at radius 3 is 2.76 bits per heavy atom. The molecule has 2 N–H and O–H groups in total. The number of piperidine rings is 1. The summed E-state index contributed by atoms with van der Waals surface area (Å²) in [4.78, 5) is 25.0. The van der Waals surface area contributed by atoms with Crippen molar-refractivity contribution in [3.63, 3.8) is 0 Å². The van der Waals surface area contributed by atoms with Crippen molar-refractivity contribution in [2.24, 2.45) is 5.92 Å². The molecular weight excluding hydrogens is 268 g/mol. The van der Waals surface area contributed by atoms with Crippen molar-refractivity contribution in [3.05, 3.63) is 35.9 Å². The summed E-state index contributed by atoms with van der Waals surface area (Å²) in [7, 11) is 0. The highest BCUT2D eigenvalue weighted by Crippen LogP contribution is 2.18. The first kappa shape index (κ1) is 15.5. The molecule has 0 aromatic heterocycles. The first-order chi connectivity index (χ1) is 10.1. The summed E-state index contributed by atoms with van der Waals surface area (Å²) in [5.74, 6) is -0.545. The van der Waals surface area contributed by atoms with Gasteiger partial charge in [-0.25, -0.2) is 0 Å². The zero-order chi connectivity index (χ0) is 15.2. The van der Waals surface area contributed by atoms with Crippen LogP contribution in [0.1, 0.15) is 30.1 Å². The maximum absolute atomic E-state index is 12.0. The van der Waals surface area contributed by atoms with Crippen LogP contribution in [0, 0.1) is 5.92 Å². The molecule has 21 heavy (non-hydrogen) atoms. The van der Waals surface area contributed by atoms with Crippen molar-refractivity contribution in [1.82, 2.24) is 10.2 Å². The third kappa shape index (κ3) is 4.29. The highest BCUT2D eigenvalue weighted by atomic mass is 16.4. The SMILES string of the molecule is C[C@H](C(=O)O)N1CCC[C@@H](CNC(=O)c2ccccc2)C1. The Morgan fingerprint density at radius 2 is 2.10 bits per heavy atom. The number of benzene rings is 1. The van der Waals surface area contributed by atoms with Gasteiger partial charge in [-0.2, -0.15) is 0 Å². The van der Waals surface area contributed by atoms with Crippen molar-refractivity contribution >= 4 is 11.9 Å². The first-order valence-electron chi connectivity index (χ1n) is 7.38. The highest BCUT2D eigenvalue weighted by Gasteiger charge is 2.27. The molecule has 1 aromatic rings. The lowest BCUT2D eigenvalue weighted by atomic mass is 9.96. The van der Waals surface area contributed by atoms with Crippen molar-refractivity contribution in [3.8, 4) is 0 Å². The largest absolute Gasteiger partial charge is 0.480 e. The Hall–Kier alpha value is -1.88. The summed E-state index contributed by atoms with van der Waals surface area (Å²) in [6, 6.07) is 8.67. The fourth-order valence-corrected chi connectivity index (χ4v) is 2.70. The van der Waals surface area contributed by atoms with E-state index in [2.05, 4.69) is 5.32 Å². The molecule has 1 aliphatic heterocycles. The standard InChI is InChI=1S/C16H22N2O3/c1-12(16(20)21)18-9-5-6-13(11-18)10-17-15(19)14-7-3-2-4-8-14/h2-4,7-8,12-13H,5-6,9-11H2,1H3,(H,17,19)(H,20,21)/t12-,13+/m1/s1. The topological polar surface area (TPSA) is 69.6 Å². The molecule has 5 nitrogen and oxygen atoms in total. The summed E-state index contributed by atoms with van der Waals surface area (Å²) in [6.45, 7) is 3.85. The number of aliphatic carboxylic acids is 1. The van der Waals surface area contributed by atoms with Crippen LogP contribution in [0.15, 0.2) is 30.3 Å². The average molecular weight is 290 g/mol. The minimum atomic E-state index is -0.788. The second kappa shape index (κ2) is 7.22. The van der Waals surface area contributed by atoms with E-state index in [1.807, 2.05) is 23.1 Å². The number of hydrogen-bond donors (Lipinski definition) is 2. The zero-order valence-corrected chi connectivity index (χ0v) is 12.3. The van der Waals surface area contributed by atoms with Crippen LogP contribution < -0.4 is 5.32 Å². The number of carbonyl (C=O) groups excluding carboxylic acids is 1. The lowest BCUT2D eigenvalue weighted by Gasteiger charge is -2.35. The predicted molar refractivity (Wildman–Crippen MR) is 80.2 cm³/mol. The average Bonchev–Trinajstić information content (AvgIpc) is 2.53. The van der Waals surface area contributed by atoms with Crippen molar-refractivity contribution < 1.29 is 14.7 Å². The molecule has 0 radical (unpaired) electrons. The third-order valence-corrected chi connectivity index (χ3v) is 4.04. The van der Waals surface area contributed by atoms with Crippen molar-refractivity contribution in [2.75, 3.05) is 19.6 Å². The summed E-state index contributed by atoms with van der Waals surface area (Å²) in [5, 5.41) is 12.0. The van der Waals surface area contributed by atoms with Crippen LogP contribution in [0.2, 0.25) is 0 Å². The monoisotopic (exact) mass is 290 g/mol. The molecule has 0 spiro atoms. The fourth-order valence-electron chi connectivity index (χ4n) is 2.70. The third-order valence-electron chi connectivity index (χ3n) is 4.04. The van der Waals surface area contributed by atoms with Gasteiger partial charge in [0.1, 0.15) is 6.04 Å². The molecule has 5 heteroatoms. The number of carbonyl (C=O) groups is 2. The number of rotatable bonds is 5. The van der Waals surface area contributed by atoms with Gasteiger partial charge in [-0.3, -0.25) is 14.5 Å². The van der Waals surface area contributed by atoms with E-state index in [4.69, 9.17) is 5.11 Å². The minimum Gasteiger partial charge on any atom is -0.480 e. The fraction of sp³-hybridized carbons (Fsp3) is 0.500. The van der Waals surface area contributed by atoms with Crippen LogP contribution in [0.25, 0.3) is 0 Å². The molecule has 1 aliphatic rings. The summed E-state index contributed by atoms with van der Waals surface area (Å²) < 4.78 is 0. The maximum atomic E-state index is 12.0. The van der Waals surface area contributed by atoms with E-state index in [1.54, 1.807) is 19.1 Å². The molecule has 0 bridgehead atoms. The van der Waals surface area contributed by atoms with E-state index in [1.165, 1.54) is 0 Å². The van der Waals surface area contributed by atoms with Crippen molar-refractivity contribution in [2.45, 2.75) is 25.8 Å². The number of hydrogen-bond acceptors (Lipinski definition) is 3. The molecule has 1 aromatic carbocycles. The summed E-state index contributed by atoms with van der Waals surface area (Å²) in [5.41, 5.74) is 0.657. The van der Waals surface area contributed by atoms with E-state index >= 15 is 0 Å². The highest BCUT2D eigenvalue weighted by molar-refractivity contribution is 5.94. The normalized spacial score (nSPS) is 20.7. The number of nitrogens with zero attached hydrogens (tertiary/aromatic N) is 1. The van der Waals surface area contributed by atoms with Gasteiger partial charge in [0.25, 0.3) is 5.91 Å². The maximum Gasteiger partial charge on any atom is 0.320 e. The van der Waals surface area contributed by atoms with Crippen LogP contribution in [0.3, 0.4) is 0 Å². The Morgan fingerprint density at radius 1 is 1.38 bits per heavy atom. The molecule has 0 saturated carbocycles. The van der Waals surface area contributed by atoms with Crippen LogP contribution >= 0.6 is 0 Å². The van der Waals surface area contributed by atoms with E-state index in [0.29, 0.717) is 18.0 Å². The summed E-state index contributed by atoms with van der Waals surface area (Å²) >= 11 is 0. The van der Waals surface area contributed by atoms with Gasteiger partial charge in [-0.05, 0) is 44.4 Å². The molecule has 0 aliphatic carbocycles. The van der Waals surface area contributed by atoms with Crippen LogP contribution in [0.5, 0.6) is 0 Å². The van der Waals surface area contributed by atoms with Crippen LogP contribution in [-0.4, -0.2) is 47.6 Å². The number of carboxylic acids is 1. The van der Waals surface area contributed by atoms with Crippen LogP contribution in [0.4, 0.5) is 0 Å². The first-order valence-corrected chi connectivity index (χ1v) is 7.38. The second-order valence-corrected chi connectivity index (χ2v) is 5.59. The van der Waals surface area contributed by atoms with Gasteiger partial charge in [0.15, 0.2) is 0 Å². The Bertz CT molecular complexity index is 490. The molecule has 2 rings (SSSR count). The molecule has 1 heterocycles. The predicted octanol–water partition coefficient (Wildman–Crippen LogP) is 1.60. The zero-order valence-electron chi connectivity index (χ0n) is 12.3. The van der Waals surface area contributed by atoms with Gasteiger partial charge in [0.2, 0.25) is 0 Å². The van der Waals surface area contributed by atoms with E-state index in [-0.39, 0.29) is 5.91 Å². The number of carboxylic acid groups (broad SMARTS) is 1. The lowest BCUT2D eigenvalue weighted by Crippen LogP contribution is -2.47. The molecule has 0 unspecified atom stereocenters. The van der Waals surface area contributed by atoms with E-state index in [9.17, 15) is 9.59 Å². The molecule has 1 amide bonds. The van der Waals surface area contributed by atoms with Gasteiger partial charge >= 0.3 is 5.97 Å². The smallest absolute Gasteiger partial charge is 0.320 e. The number of likely N-dealkylation sites (tertiary alicyclic amines) is 1. The number of amides is 1. The van der Waals surface area contributed by atoms with Crippen molar-refractivity contribution in [1.29, 1.82) is 0 Å². The molecule has 1 fully saturated rings. The van der Waals surface area contributed by atoms with E-state index < -0.39 is 12.0 Å². The molecule has 2 atom stereocenters. The molecule has 1 saturated heterocycles. The Balaban J connectivity index is 1.83. The van der Waals surface area contributed by atoms with E-state index in [0.717, 1.165) is 25.9 Å².